The lowest BCUT2D eigenvalue weighted by Crippen LogP contribution is -2.64. The molecule has 2 saturated heterocycles. The molecule has 7 aliphatic rings. The van der Waals surface area contributed by atoms with Crippen LogP contribution >= 0.6 is 0 Å². The van der Waals surface area contributed by atoms with Crippen molar-refractivity contribution < 1.29 is 33.7 Å². The van der Waals surface area contributed by atoms with Gasteiger partial charge in [0.15, 0.2) is 11.4 Å². The summed E-state index contributed by atoms with van der Waals surface area (Å²) in [4.78, 5) is 39.7. The van der Waals surface area contributed by atoms with E-state index in [2.05, 4.69) is 0 Å². The van der Waals surface area contributed by atoms with E-state index in [-0.39, 0.29) is 47.5 Å². The van der Waals surface area contributed by atoms with Gasteiger partial charge in [-0.25, -0.2) is 4.79 Å². The highest BCUT2D eigenvalue weighted by atomic mass is 16.6. The van der Waals surface area contributed by atoms with Crippen molar-refractivity contribution in [2.24, 2.45) is 34.5 Å². The predicted molar refractivity (Wildman–Crippen MR) is 123 cm³/mol. The number of hydrogen-bond donors (Lipinski definition) is 1. The summed E-state index contributed by atoms with van der Waals surface area (Å²) < 4.78 is 18.3. The fourth-order valence-corrected chi connectivity index (χ4v) is 9.90. The summed E-state index contributed by atoms with van der Waals surface area (Å²) in [6.07, 6.45) is 6.19. The van der Waals surface area contributed by atoms with Crippen molar-refractivity contribution in [3.8, 4) is 0 Å². The summed E-state index contributed by atoms with van der Waals surface area (Å²) >= 11 is 0. The Hall–Kier alpha value is -1.99. The Morgan fingerprint density at radius 2 is 1.80 bits per heavy atom. The van der Waals surface area contributed by atoms with Crippen LogP contribution in [0, 0.1) is 34.5 Å². The average molecular weight is 483 g/mol. The maximum atomic E-state index is 13.8. The Bertz CT molecular complexity index is 1140. The Balaban J connectivity index is 1.25. The van der Waals surface area contributed by atoms with Crippen LogP contribution in [-0.2, 0) is 28.6 Å². The van der Waals surface area contributed by atoms with Gasteiger partial charge in [0.25, 0.3) is 0 Å². The van der Waals surface area contributed by atoms with Crippen LogP contribution in [-0.4, -0.2) is 52.3 Å². The molecule has 0 radical (unpaired) electrons. The molecule has 35 heavy (non-hydrogen) atoms. The minimum absolute atomic E-state index is 0.0235. The topological polar surface area (TPSA) is 102 Å². The minimum Gasteiger partial charge on any atom is -0.455 e. The van der Waals surface area contributed by atoms with Crippen molar-refractivity contribution in [3.05, 3.63) is 23.3 Å². The molecule has 0 bridgehead atoms. The number of fused-ring (bicyclic) bond motifs is 3. The highest BCUT2D eigenvalue weighted by Crippen LogP contribution is 2.75. The molecule has 4 aliphatic carbocycles. The van der Waals surface area contributed by atoms with E-state index in [0.717, 1.165) is 31.3 Å². The molecule has 2 spiro atoms. The first-order valence-electron chi connectivity index (χ1n) is 13.2. The molecule has 0 amide bonds. The smallest absolute Gasteiger partial charge is 0.334 e. The number of ether oxygens (including phenoxy) is 3. The first-order valence-corrected chi connectivity index (χ1v) is 13.2. The molecular weight excluding hydrogens is 448 g/mol. The highest BCUT2D eigenvalue weighted by molar-refractivity contribution is 5.98. The predicted octanol–water partition coefficient (Wildman–Crippen LogP) is 3.04. The second-order valence-electron chi connectivity index (χ2n) is 12.7. The molecule has 5 fully saturated rings. The molecule has 7 heteroatoms. The van der Waals surface area contributed by atoms with Gasteiger partial charge in [0.2, 0.25) is 0 Å². The second-order valence-corrected chi connectivity index (χ2v) is 12.7. The molecule has 11 atom stereocenters. The van der Waals surface area contributed by atoms with Crippen molar-refractivity contribution in [1.29, 1.82) is 0 Å². The number of aliphatic hydroxyl groups is 1. The largest absolute Gasteiger partial charge is 0.455 e. The van der Waals surface area contributed by atoms with Gasteiger partial charge in [-0.05, 0) is 89.7 Å². The van der Waals surface area contributed by atoms with E-state index < -0.39 is 34.2 Å². The van der Waals surface area contributed by atoms with E-state index in [0.29, 0.717) is 18.4 Å². The van der Waals surface area contributed by atoms with Crippen LogP contribution in [0.3, 0.4) is 0 Å². The van der Waals surface area contributed by atoms with Crippen molar-refractivity contribution >= 4 is 17.7 Å². The number of rotatable bonds is 1. The van der Waals surface area contributed by atoms with Crippen LogP contribution in [0.5, 0.6) is 0 Å². The summed E-state index contributed by atoms with van der Waals surface area (Å²) in [6.45, 7) is 7.69. The van der Waals surface area contributed by atoms with E-state index in [9.17, 15) is 19.5 Å². The van der Waals surface area contributed by atoms with Crippen molar-refractivity contribution in [2.75, 3.05) is 0 Å². The van der Waals surface area contributed by atoms with E-state index in [1.165, 1.54) is 6.08 Å². The van der Waals surface area contributed by atoms with Crippen LogP contribution in [0.1, 0.15) is 66.2 Å². The van der Waals surface area contributed by atoms with Crippen molar-refractivity contribution in [1.82, 2.24) is 0 Å². The third-order valence-corrected chi connectivity index (χ3v) is 11.8. The number of aliphatic hydroxyl groups excluding tert-OH is 1. The van der Waals surface area contributed by atoms with Crippen molar-refractivity contribution in [2.45, 2.75) is 95.7 Å². The second kappa shape index (κ2) is 6.46. The average Bonchev–Trinajstić information content (AvgIpc) is 3.34. The zero-order chi connectivity index (χ0) is 24.7. The molecule has 0 aromatic rings. The fraction of sp³-hybridized carbons (Fsp3) is 0.750. The van der Waals surface area contributed by atoms with E-state index in [1.54, 1.807) is 13.0 Å². The maximum Gasteiger partial charge on any atom is 0.334 e. The Labute approximate surface area is 205 Å². The van der Waals surface area contributed by atoms with Gasteiger partial charge in [-0.2, -0.15) is 0 Å². The number of hydrogen-bond acceptors (Lipinski definition) is 7. The zero-order valence-corrected chi connectivity index (χ0v) is 20.8. The van der Waals surface area contributed by atoms with Gasteiger partial charge in [-0.3, -0.25) is 9.59 Å². The van der Waals surface area contributed by atoms with Gasteiger partial charge in [0, 0.05) is 17.9 Å². The highest BCUT2D eigenvalue weighted by Gasteiger charge is 2.82. The van der Waals surface area contributed by atoms with E-state index in [1.807, 2.05) is 20.8 Å². The number of carbonyl (C=O) groups is 3. The number of esters is 2. The first-order chi connectivity index (χ1) is 16.5. The SMILES string of the molecule is CC1=C(C)C(=O)O[C@@H]([C@]2(C)OC(=O)[C@]34CC[C@H]5[C@@H](CC6O[C@@]67[C@@H](O)C=CC(=O)[C@]57C)[C@@H]3CC[C@H]24)C1. The van der Waals surface area contributed by atoms with Crippen molar-refractivity contribution in [3.63, 3.8) is 0 Å². The molecular formula is C28H34O7. The molecule has 0 aromatic heterocycles. The molecule has 7 rings (SSSR count). The standard InChI is InChI=1S/C28H34O7/c1-13-11-21(33-23(31)14(13)2)26(4)18-6-5-17-15-12-22-28(34-22)20(30)8-7-19(29)25(28,3)16(15)9-10-27(17,18)24(32)35-26/h7-8,15-18,20-22,30H,5-6,9-12H2,1-4H3/t15-,16+,17+,18-,20+,21-,22?,25+,26-,27-,28+/m1/s1. The van der Waals surface area contributed by atoms with Gasteiger partial charge in [-0.1, -0.05) is 5.57 Å². The number of carbonyl (C=O) groups excluding carboxylic acids is 3. The third-order valence-electron chi connectivity index (χ3n) is 11.8. The number of epoxide rings is 1. The molecule has 188 valence electrons. The summed E-state index contributed by atoms with van der Waals surface area (Å²) in [5, 5.41) is 10.8. The fourth-order valence-electron chi connectivity index (χ4n) is 9.90. The third kappa shape index (κ3) is 2.26. The summed E-state index contributed by atoms with van der Waals surface area (Å²) in [5.41, 5.74) is -1.42. The van der Waals surface area contributed by atoms with Crippen LogP contribution in [0.4, 0.5) is 0 Å². The number of allylic oxidation sites excluding steroid dienone is 1. The van der Waals surface area contributed by atoms with Crippen LogP contribution < -0.4 is 0 Å². The quantitative estimate of drug-likeness (QED) is 0.453. The maximum absolute atomic E-state index is 13.8. The number of ketones is 1. The monoisotopic (exact) mass is 482 g/mol. The first kappa shape index (κ1) is 22.2. The molecule has 1 N–H and O–H groups in total. The lowest BCUT2D eigenvalue weighted by atomic mass is 9.44. The van der Waals surface area contributed by atoms with Crippen LogP contribution in [0.25, 0.3) is 0 Å². The lowest BCUT2D eigenvalue weighted by molar-refractivity contribution is -0.178. The number of cyclic esters (lactones) is 2. The van der Waals surface area contributed by atoms with Crippen LogP contribution in [0.15, 0.2) is 23.3 Å². The van der Waals surface area contributed by atoms with Gasteiger partial charge in [0.05, 0.1) is 16.9 Å². The Kier molecular flexibility index (Phi) is 4.10. The molecule has 0 aromatic carbocycles. The summed E-state index contributed by atoms with van der Waals surface area (Å²) in [7, 11) is 0. The molecule has 1 unspecified atom stereocenters. The van der Waals surface area contributed by atoms with Crippen LogP contribution in [0.2, 0.25) is 0 Å². The molecule has 3 saturated carbocycles. The molecule has 7 nitrogen and oxygen atoms in total. The molecule has 3 aliphatic heterocycles. The van der Waals surface area contributed by atoms with E-state index >= 15 is 0 Å². The Morgan fingerprint density at radius 3 is 2.54 bits per heavy atom. The lowest BCUT2D eigenvalue weighted by Gasteiger charge is -2.56. The van der Waals surface area contributed by atoms with Gasteiger partial charge in [0.1, 0.15) is 17.8 Å². The van der Waals surface area contributed by atoms with Gasteiger partial charge in [-0.15, -0.1) is 0 Å². The summed E-state index contributed by atoms with van der Waals surface area (Å²) in [6, 6.07) is 0. The summed E-state index contributed by atoms with van der Waals surface area (Å²) in [5.74, 6) is -0.133. The molecule has 3 heterocycles. The zero-order valence-electron chi connectivity index (χ0n) is 20.8. The van der Waals surface area contributed by atoms with Gasteiger partial charge < -0.3 is 19.3 Å². The minimum atomic E-state index is -0.853. The Morgan fingerprint density at radius 1 is 1.03 bits per heavy atom. The van der Waals surface area contributed by atoms with E-state index in [4.69, 9.17) is 14.2 Å². The normalized spacial score (nSPS) is 55.9. The van der Waals surface area contributed by atoms with Gasteiger partial charge >= 0.3 is 11.9 Å².